The van der Waals surface area contributed by atoms with E-state index >= 15 is 0 Å². The molecule has 0 fully saturated rings. The second kappa shape index (κ2) is 5.81. The van der Waals surface area contributed by atoms with Gasteiger partial charge in [-0.05, 0) is 24.3 Å². The van der Waals surface area contributed by atoms with Crippen LogP contribution in [0.5, 0.6) is 0 Å². The quantitative estimate of drug-likeness (QED) is 0.539. The lowest BCUT2D eigenvalue weighted by Gasteiger charge is -2.03. The highest BCUT2D eigenvalue weighted by Crippen LogP contribution is 1.90. The Morgan fingerprint density at radius 2 is 1.09 bits per heavy atom. The summed E-state index contributed by atoms with van der Waals surface area (Å²) in [5, 5.41) is 6.73. The highest BCUT2D eigenvalue weighted by molar-refractivity contribution is 7.78. The van der Waals surface area contributed by atoms with E-state index in [0.29, 0.717) is 9.35 Å². The first-order valence-electron chi connectivity index (χ1n) is 5.75. The second-order valence-corrected chi connectivity index (χ2v) is 5.15. The summed E-state index contributed by atoms with van der Waals surface area (Å²) < 4.78 is 2.43. The van der Waals surface area contributed by atoms with Crippen molar-refractivity contribution in [3.8, 4) is 0 Å². The lowest BCUT2D eigenvalue weighted by atomic mass is 10.4. The van der Waals surface area contributed by atoms with Crippen molar-refractivity contribution in [1.82, 2.24) is 17.3 Å². The normalized spacial score (nSPS) is 11.3. The Labute approximate surface area is 133 Å². The number of rotatable bonds is 2. The van der Waals surface area contributed by atoms with Crippen LogP contribution in [0.2, 0.25) is 0 Å². The molecule has 0 radical (unpaired) electrons. The molecule has 2 rings (SSSR count). The van der Waals surface area contributed by atoms with Gasteiger partial charge in [0.05, 0.1) is 0 Å². The molecular weight excluding hydrogens is 332 g/mol. The number of aromatic nitrogens is 4. The Morgan fingerprint density at radius 3 is 1.41 bits per heavy atom. The number of thiol groups is 2. The van der Waals surface area contributed by atoms with Gasteiger partial charge >= 0.3 is 11.4 Å². The minimum Gasteiger partial charge on any atom is -0.267 e. The van der Waals surface area contributed by atoms with Crippen molar-refractivity contribution in [3.63, 3.8) is 0 Å². The number of nitrogens with zero attached hydrogens (tertiary/aromatic N) is 6. The SMILES string of the molecule is Cc1cn(S)c(=O)n(/N=N/n2c(=O)c(C)cn(S)c2=O)c1=O. The van der Waals surface area contributed by atoms with Gasteiger partial charge in [0.15, 0.2) is 0 Å². The van der Waals surface area contributed by atoms with Crippen molar-refractivity contribution in [1.29, 1.82) is 0 Å². The van der Waals surface area contributed by atoms with Crippen LogP contribution >= 0.6 is 25.6 Å². The third-order valence-corrected chi connectivity index (χ3v) is 3.24. The van der Waals surface area contributed by atoms with Crippen LogP contribution in [0.15, 0.2) is 42.0 Å². The highest BCUT2D eigenvalue weighted by Gasteiger charge is 2.09. The van der Waals surface area contributed by atoms with E-state index in [1.165, 1.54) is 26.2 Å². The van der Waals surface area contributed by atoms with Crippen LogP contribution < -0.4 is 22.5 Å². The molecule has 12 heteroatoms. The summed E-state index contributed by atoms with van der Waals surface area (Å²) >= 11 is 7.67. The first-order chi connectivity index (χ1) is 10.2. The largest absolute Gasteiger partial charge is 0.363 e. The zero-order valence-corrected chi connectivity index (χ0v) is 13.2. The van der Waals surface area contributed by atoms with Gasteiger partial charge in [0.25, 0.3) is 11.1 Å². The first kappa shape index (κ1) is 16.0. The van der Waals surface area contributed by atoms with Crippen LogP contribution in [0, 0.1) is 13.8 Å². The third kappa shape index (κ3) is 2.69. The maximum absolute atomic E-state index is 11.8. The van der Waals surface area contributed by atoms with Crippen LogP contribution in [0.3, 0.4) is 0 Å². The molecule has 22 heavy (non-hydrogen) atoms. The molecule has 0 amide bonds. The predicted octanol–water partition coefficient (Wildman–Crippen LogP) is -0.985. The van der Waals surface area contributed by atoms with Gasteiger partial charge in [-0.25, -0.2) is 17.5 Å². The van der Waals surface area contributed by atoms with Gasteiger partial charge in [-0.2, -0.15) is 0 Å². The predicted molar refractivity (Wildman–Crippen MR) is 83.8 cm³/mol. The summed E-state index contributed by atoms with van der Waals surface area (Å²) in [6.07, 6.45) is 2.42. The third-order valence-electron chi connectivity index (χ3n) is 2.66. The zero-order chi connectivity index (χ0) is 16.6. The minimum atomic E-state index is -0.894. The van der Waals surface area contributed by atoms with Crippen molar-refractivity contribution in [3.05, 3.63) is 65.2 Å². The smallest absolute Gasteiger partial charge is 0.267 e. The second-order valence-electron chi connectivity index (χ2n) is 4.29. The molecule has 0 aliphatic carbocycles. The van der Waals surface area contributed by atoms with Gasteiger partial charge in [-0.15, -0.1) is 9.35 Å². The summed E-state index contributed by atoms with van der Waals surface area (Å²) in [5.41, 5.74) is -2.92. The summed E-state index contributed by atoms with van der Waals surface area (Å²) in [6.45, 7) is 2.89. The fourth-order valence-corrected chi connectivity index (χ4v) is 2.04. The molecule has 0 bridgehead atoms. The van der Waals surface area contributed by atoms with E-state index in [1.807, 2.05) is 0 Å². The molecule has 0 atom stereocenters. The van der Waals surface area contributed by atoms with Crippen LogP contribution in [0.4, 0.5) is 0 Å². The minimum absolute atomic E-state index is 0.178. The summed E-state index contributed by atoms with van der Waals surface area (Å²) in [7, 11) is 0. The van der Waals surface area contributed by atoms with E-state index in [4.69, 9.17) is 0 Å². The van der Waals surface area contributed by atoms with E-state index in [1.54, 1.807) is 0 Å². The Hall–Kier alpha value is -2.34. The van der Waals surface area contributed by atoms with Crippen molar-refractivity contribution in [2.24, 2.45) is 10.4 Å². The molecule has 0 N–H and O–H groups in total. The van der Waals surface area contributed by atoms with Gasteiger partial charge in [0, 0.05) is 23.5 Å². The number of aryl methyl sites for hydroxylation is 2. The van der Waals surface area contributed by atoms with Crippen molar-refractivity contribution >= 4 is 25.6 Å². The van der Waals surface area contributed by atoms with Crippen molar-refractivity contribution in [2.45, 2.75) is 13.8 Å². The maximum Gasteiger partial charge on any atom is 0.363 e. The molecule has 116 valence electrons. The molecule has 0 saturated carbocycles. The average Bonchev–Trinajstić information content (AvgIpc) is 2.46. The fraction of sp³-hybridized carbons (Fsp3) is 0.200. The lowest BCUT2D eigenvalue weighted by molar-refractivity contribution is 0.593. The highest BCUT2D eigenvalue weighted by atomic mass is 32.1. The molecule has 2 aromatic rings. The first-order valence-corrected chi connectivity index (χ1v) is 6.55. The molecule has 0 saturated heterocycles. The molecule has 10 nitrogen and oxygen atoms in total. The van der Waals surface area contributed by atoms with Gasteiger partial charge < -0.3 is 0 Å². The Balaban J connectivity index is 2.71. The molecule has 0 aromatic carbocycles. The summed E-state index contributed by atoms with van der Waals surface area (Å²) in [6, 6.07) is 0. The molecule has 2 aromatic heterocycles. The van der Waals surface area contributed by atoms with Gasteiger partial charge in [-0.3, -0.25) is 9.59 Å². The van der Waals surface area contributed by atoms with E-state index in [-0.39, 0.29) is 11.1 Å². The molecule has 0 spiro atoms. The van der Waals surface area contributed by atoms with Crippen LogP contribution in [-0.4, -0.2) is 17.3 Å². The standard InChI is InChI=1S/C10H10N6O4S2/c1-5-3-13(21)9(19)15(7(5)17)11-12-16-8(18)6(2)4-14(22)10(16)20/h3-4,21-22H,1-2H3/b12-11+. The van der Waals surface area contributed by atoms with Crippen LogP contribution in [0.1, 0.15) is 11.1 Å². The average molecular weight is 342 g/mol. The van der Waals surface area contributed by atoms with Crippen LogP contribution in [0.25, 0.3) is 0 Å². The number of hydrogen-bond acceptors (Lipinski definition) is 8. The topological polar surface area (TPSA) is 113 Å². The monoisotopic (exact) mass is 342 g/mol. The molecular formula is C10H10N6O4S2. The van der Waals surface area contributed by atoms with Gasteiger partial charge in [0.1, 0.15) is 0 Å². The summed E-state index contributed by atoms with van der Waals surface area (Å²) in [4.78, 5) is 47.2. The van der Waals surface area contributed by atoms with Gasteiger partial charge in [0.2, 0.25) is 0 Å². The zero-order valence-electron chi connectivity index (χ0n) is 11.4. The molecule has 0 aliphatic heterocycles. The Bertz CT molecular complexity index is 862. The maximum atomic E-state index is 11.8. The van der Waals surface area contributed by atoms with Crippen molar-refractivity contribution in [2.75, 3.05) is 0 Å². The fourth-order valence-electron chi connectivity index (χ4n) is 1.53. The summed E-state index contributed by atoms with van der Waals surface area (Å²) in [5.74, 6) is 0. The molecule has 2 heterocycles. The van der Waals surface area contributed by atoms with E-state index in [9.17, 15) is 19.2 Å². The van der Waals surface area contributed by atoms with Crippen molar-refractivity contribution < 1.29 is 0 Å². The van der Waals surface area contributed by atoms with Crippen LogP contribution in [-0.2, 0) is 0 Å². The molecule has 0 aliphatic rings. The van der Waals surface area contributed by atoms with E-state index in [0.717, 1.165) is 7.94 Å². The lowest BCUT2D eigenvalue weighted by Crippen LogP contribution is -2.38. The Kier molecular flexibility index (Phi) is 4.23. The van der Waals surface area contributed by atoms with E-state index < -0.39 is 22.5 Å². The number of hydrogen-bond donors (Lipinski definition) is 2. The Morgan fingerprint density at radius 1 is 0.773 bits per heavy atom. The van der Waals surface area contributed by atoms with Gasteiger partial charge in [-0.1, -0.05) is 25.6 Å². The molecule has 0 unspecified atom stereocenters. The van der Waals surface area contributed by atoms with E-state index in [2.05, 4.69) is 36.1 Å².